The van der Waals surface area contributed by atoms with Gasteiger partial charge in [-0.2, -0.15) is 13.2 Å². The number of halogens is 3. The van der Waals surface area contributed by atoms with E-state index in [9.17, 15) is 13.2 Å². The lowest BCUT2D eigenvalue weighted by Crippen LogP contribution is -2.36. The van der Waals surface area contributed by atoms with E-state index in [-0.39, 0.29) is 5.88 Å². The van der Waals surface area contributed by atoms with Crippen molar-refractivity contribution >= 4 is 5.96 Å². The van der Waals surface area contributed by atoms with Gasteiger partial charge in [0.15, 0.2) is 12.6 Å². The van der Waals surface area contributed by atoms with Crippen LogP contribution in [0.5, 0.6) is 11.6 Å². The smallest absolute Gasteiger partial charge is 0.422 e. The molecule has 9 heteroatoms. The molecule has 1 aromatic carbocycles. The number of guanidine groups is 1. The van der Waals surface area contributed by atoms with E-state index in [4.69, 9.17) is 4.74 Å². The summed E-state index contributed by atoms with van der Waals surface area (Å²) in [6.45, 7) is -0.375. The minimum atomic E-state index is -4.38. The molecule has 0 unspecified atom stereocenters. The molecule has 0 saturated heterocycles. The molecule has 0 aliphatic heterocycles. The largest absolute Gasteiger partial charge is 0.497 e. The molecule has 0 aliphatic carbocycles. The molecule has 2 N–H and O–H groups in total. The summed E-state index contributed by atoms with van der Waals surface area (Å²) in [5, 5.41) is 6.28. The molecule has 27 heavy (non-hydrogen) atoms. The molecule has 1 heterocycles. The average Bonchev–Trinajstić information content (AvgIpc) is 2.67. The molecule has 0 saturated carbocycles. The zero-order valence-corrected chi connectivity index (χ0v) is 15.0. The van der Waals surface area contributed by atoms with Crippen LogP contribution in [0.15, 0.2) is 47.6 Å². The molecule has 0 amide bonds. The van der Waals surface area contributed by atoms with Crippen molar-refractivity contribution in [3.05, 3.63) is 53.7 Å². The van der Waals surface area contributed by atoms with E-state index in [1.165, 1.54) is 12.3 Å². The van der Waals surface area contributed by atoms with E-state index in [1.807, 2.05) is 24.3 Å². The van der Waals surface area contributed by atoms with Gasteiger partial charge in [-0.1, -0.05) is 18.2 Å². The van der Waals surface area contributed by atoms with Crippen LogP contribution in [0.4, 0.5) is 13.2 Å². The van der Waals surface area contributed by atoms with E-state index < -0.39 is 12.8 Å². The lowest BCUT2D eigenvalue weighted by Gasteiger charge is -2.13. The van der Waals surface area contributed by atoms with Gasteiger partial charge in [-0.15, -0.1) is 0 Å². The van der Waals surface area contributed by atoms with Crippen LogP contribution in [-0.2, 0) is 13.1 Å². The van der Waals surface area contributed by atoms with Gasteiger partial charge in [0.05, 0.1) is 7.11 Å². The van der Waals surface area contributed by atoms with Crippen molar-refractivity contribution < 1.29 is 22.6 Å². The first kappa shape index (κ1) is 20.3. The van der Waals surface area contributed by atoms with Crippen molar-refractivity contribution in [2.75, 3.05) is 20.8 Å². The van der Waals surface area contributed by atoms with Gasteiger partial charge in [-0.25, -0.2) is 4.98 Å². The van der Waals surface area contributed by atoms with Gasteiger partial charge < -0.3 is 20.1 Å². The third-order valence-corrected chi connectivity index (χ3v) is 3.48. The molecule has 0 radical (unpaired) electrons. The number of hydrogen-bond donors (Lipinski definition) is 2. The Morgan fingerprint density at radius 2 is 1.67 bits per heavy atom. The Morgan fingerprint density at radius 3 is 2.19 bits per heavy atom. The van der Waals surface area contributed by atoms with Crippen molar-refractivity contribution in [3.8, 4) is 11.6 Å². The van der Waals surface area contributed by atoms with Gasteiger partial charge in [0.25, 0.3) is 0 Å². The summed E-state index contributed by atoms with van der Waals surface area (Å²) in [6.07, 6.45) is -2.93. The Kier molecular flexibility index (Phi) is 7.27. The minimum absolute atomic E-state index is 0.0712. The van der Waals surface area contributed by atoms with Crippen molar-refractivity contribution in [1.82, 2.24) is 15.6 Å². The summed E-state index contributed by atoms with van der Waals surface area (Å²) in [7, 11) is 3.26. The summed E-state index contributed by atoms with van der Waals surface area (Å²) < 4.78 is 46.0. The van der Waals surface area contributed by atoms with Gasteiger partial charge in [0.1, 0.15) is 5.75 Å². The standard InChI is InChI=1S/C18H21F3N4O2/c1-22-17(24-9-13-3-6-15(26-2)7-4-13)25-11-14-5-8-16(23-10-14)27-12-18(19,20)21/h3-8,10H,9,11-12H2,1-2H3,(H2,22,24,25). The van der Waals surface area contributed by atoms with Crippen molar-refractivity contribution in [3.63, 3.8) is 0 Å². The van der Waals surface area contributed by atoms with Crippen molar-refractivity contribution in [1.29, 1.82) is 0 Å². The third-order valence-electron chi connectivity index (χ3n) is 3.48. The molecular weight excluding hydrogens is 361 g/mol. The maximum atomic E-state index is 12.1. The summed E-state index contributed by atoms with van der Waals surface area (Å²) in [4.78, 5) is 7.99. The summed E-state index contributed by atoms with van der Waals surface area (Å²) in [6, 6.07) is 10.7. The summed E-state index contributed by atoms with van der Waals surface area (Å²) in [5.74, 6) is 1.30. The summed E-state index contributed by atoms with van der Waals surface area (Å²) >= 11 is 0. The first-order chi connectivity index (χ1) is 12.9. The molecule has 1 aromatic heterocycles. The van der Waals surface area contributed by atoms with Crippen LogP contribution in [0.3, 0.4) is 0 Å². The van der Waals surface area contributed by atoms with Crippen LogP contribution in [0.1, 0.15) is 11.1 Å². The van der Waals surface area contributed by atoms with Gasteiger partial charge in [0, 0.05) is 32.4 Å². The predicted octanol–water partition coefficient (Wildman–Crippen LogP) is 2.90. The zero-order valence-electron chi connectivity index (χ0n) is 15.0. The second-order valence-electron chi connectivity index (χ2n) is 5.54. The Labute approximate surface area is 155 Å². The number of methoxy groups -OCH3 is 1. The van der Waals surface area contributed by atoms with E-state index in [0.717, 1.165) is 16.9 Å². The maximum Gasteiger partial charge on any atom is 0.422 e. The topological polar surface area (TPSA) is 67.8 Å². The van der Waals surface area contributed by atoms with E-state index in [0.29, 0.717) is 19.0 Å². The van der Waals surface area contributed by atoms with E-state index >= 15 is 0 Å². The SMILES string of the molecule is CN=C(NCc1ccc(OC)cc1)NCc1ccc(OCC(F)(F)F)nc1. The number of rotatable bonds is 7. The number of aliphatic imine (C=N–C) groups is 1. The predicted molar refractivity (Wildman–Crippen MR) is 95.8 cm³/mol. The van der Waals surface area contributed by atoms with Crippen LogP contribution >= 0.6 is 0 Å². The van der Waals surface area contributed by atoms with Crippen molar-refractivity contribution in [2.24, 2.45) is 4.99 Å². The van der Waals surface area contributed by atoms with Crippen molar-refractivity contribution in [2.45, 2.75) is 19.3 Å². The van der Waals surface area contributed by atoms with Crippen LogP contribution in [0.25, 0.3) is 0 Å². The molecule has 2 aromatic rings. The van der Waals surface area contributed by atoms with Crippen LogP contribution in [0.2, 0.25) is 0 Å². The number of benzene rings is 1. The zero-order chi connectivity index (χ0) is 19.7. The van der Waals surface area contributed by atoms with Gasteiger partial charge in [-0.3, -0.25) is 4.99 Å². The highest BCUT2D eigenvalue weighted by molar-refractivity contribution is 5.79. The number of aromatic nitrogens is 1. The fourth-order valence-corrected chi connectivity index (χ4v) is 2.09. The highest BCUT2D eigenvalue weighted by atomic mass is 19.4. The highest BCUT2D eigenvalue weighted by Gasteiger charge is 2.28. The third kappa shape index (κ3) is 7.43. The van der Waals surface area contributed by atoms with E-state index in [2.05, 4.69) is 25.3 Å². The molecule has 0 spiro atoms. The highest BCUT2D eigenvalue weighted by Crippen LogP contribution is 2.17. The van der Waals surface area contributed by atoms with E-state index in [1.54, 1.807) is 20.2 Å². The first-order valence-corrected chi connectivity index (χ1v) is 8.11. The maximum absolute atomic E-state index is 12.1. The molecule has 6 nitrogen and oxygen atoms in total. The monoisotopic (exact) mass is 382 g/mol. The number of ether oxygens (including phenoxy) is 2. The lowest BCUT2D eigenvalue weighted by atomic mass is 10.2. The fraction of sp³-hybridized carbons (Fsp3) is 0.333. The Bertz CT molecular complexity index is 732. The Hall–Kier alpha value is -2.97. The van der Waals surface area contributed by atoms with Crippen LogP contribution in [0, 0.1) is 0 Å². The fourth-order valence-electron chi connectivity index (χ4n) is 2.09. The van der Waals surface area contributed by atoms with Crippen LogP contribution in [-0.4, -0.2) is 37.9 Å². The lowest BCUT2D eigenvalue weighted by molar-refractivity contribution is -0.154. The Balaban J connectivity index is 1.79. The second-order valence-corrected chi connectivity index (χ2v) is 5.54. The first-order valence-electron chi connectivity index (χ1n) is 8.11. The number of nitrogens with zero attached hydrogens (tertiary/aromatic N) is 2. The second kappa shape index (κ2) is 9.65. The molecule has 146 valence electrons. The number of hydrogen-bond acceptors (Lipinski definition) is 4. The average molecular weight is 382 g/mol. The Morgan fingerprint density at radius 1 is 1.04 bits per heavy atom. The number of pyridine rings is 1. The molecule has 0 aliphatic rings. The summed E-state index contributed by atoms with van der Waals surface area (Å²) in [5.41, 5.74) is 1.84. The molecule has 0 fully saturated rings. The molecule has 0 bridgehead atoms. The van der Waals surface area contributed by atoms with Gasteiger partial charge in [-0.05, 0) is 23.3 Å². The van der Waals surface area contributed by atoms with Gasteiger partial charge in [0.2, 0.25) is 5.88 Å². The molecular formula is C18H21F3N4O2. The van der Waals surface area contributed by atoms with Crippen LogP contribution < -0.4 is 20.1 Å². The normalized spacial score (nSPS) is 11.8. The molecule has 2 rings (SSSR count). The molecule has 0 atom stereocenters. The number of nitrogens with one attached hydrogen (secondary N) is 2. The van der Waals surface area contributed by atoms with Gasteiger partial charge >= 0.3 is 6.18 Å². The minimum Gasteiger partial charge on any atom is -0.497 e. The number of alkyl halides is 3. The quantitative estimate of drug-likeness (QED) is 0.569.